The van der Waals surface area contributed by atoms with Gasteiger partial charge in [-0.3, -0.25) is 9.55 Å². The van der Waals surface area contributed by atoms with Gasteiger partial charge in [-0.2, -0.15) is 0 Å². The molecule has 0 amide bonds. The fraction of sp³-hybridized carbons (Fsp3) is 0.342. The van der Waals surface area contributed by atoms with Crippen LogP contribution in [0.15, 0.2) is 152 Å². The third kappa shape index (κ3) is 11.4. The van der Waals surface area contributed by atoms with Gasteiger partial charge in [-0.1, -0.05) is 211 Å². The third-order valence-corrected chi connectivity index (χ3v) is 15.9. The second-order valence-electron chi connectivity index (χ2n) is 26.5. The Bertz CT molecular complexity index is 3950. The minimum atomic E-state index is -2.41. The number of aromatic hydroxyl groups is 1. The normalized spacial score (nSPS) is 16.1. The first-order valence-electron chi connectivity index (χ1n) is 30.5. The Kier molecular flexibility index (Phi) is 13.1. The van der Waals surface area contributed by atoms with Gasteiger partial charge in [-0.25, -0.2) is 4.98 Å². The molecule has 1 aliphatic carbocycles. The number of benzene rings is 7. The molecule has 4 nitrogen and oxygen atoms in total. The molecular weight excluding hydrogens is 1130 g/mol. The molecule has 5 heteroatoms. The number of para-hydroxylation sites is 1. The summed E-state index contributed by atoms with van der Waals surface area (Å²) in [6.45, 7) is 28.2. The van der Waals surface area contributed by atoms with Gasteiger partial charge in [0, 0.05) is 49.6 Å². The average molecular weight is 1220 g/mol. The molecule has 0 aliphatic heterocycles. The van der Waals surface area contributed by atoms with Crippen LogP contribution in [0, 0.1) is 18.3 Å². The Morgan fingerprint density at radius 2 is 1.24 bits per heavy atom. The predicted molar refractivity (Wildman–Crippen MR) is 327 cm³/mol. The van der Waals surface area contributed by atoms with Crippen molar-refractivity contribution in [1.29, 1.82) is 0 Å². The number of phenolic OH excluding ortho intramolecular Hbond substituents is 1. The molecule has 10 rings (SSSR count). The molecule has 1 saturated carbocycles. The molecule has 0 atom stereocenters. The number of imidazole rings is 1. The molecule has 1 N–H and O–H groups in total. The fourth-order valence-corrected chi connectivity index (χ4v) is 10.9. The Labute approximate surface area is 489 Å². The molecule has 0 radical (unpaired) electrons. The molecule has 78 heavy (non-hydrogen) atoms. The summed E-state index contributed by atoms with van der Waals surface area (Å²) in [5.74, 6) is -0.0557. The summed E-state index contributed by atoms with van der Waals surface area (Å²) in [4.78, 5) is 10.5. The minimum Gasteiger partial charge on any atom is -0.507 e. The van der Waals surface area contributed by atoms with Gasteiger partial charge in [-0.15, -0.1) is 29.3 Å². The molecule has 1 aliphatic rings. The molecule has 0 unspecified atom stereocenters. The summed E-state index contributed by atoms with van der Waals surface area (Å²) in [5.41, 5.74) is 14.1. The van der Waals surface area contributed by atoms with Crippen LogP contribution >= 0.6 is 0 Å². The number of rotatable bonds is 8. The standard InChI is InChI=1S/C73H80N3O.Pt/c1-46-38-51(48-32-35-73(14,15)36-33-48)28-30-58(46)50-26-24-47(25-27-50)52-34-37-74-63(42-52)54-39-53(40-56(41-54)70(5,6)7)59-22-19-23-65-66(59)75-68(61-44-57(71(8,9)10)45-62(67(61)77)72(11,12)13)76(65)64-31-29-55(69(2,3)4)43-60(64)49-20-17-16-18-21-49;/h16-31,34,37-38,40-45,48,77H,32-33,35-36H2,1-15H3;/q-1;/i1D3,34D,42D,48D;. The van der Waals surface area contributed by atoms with E-state index >= 15 is 0 Å². The zero-order valence-corrected chi connectivity index (χ0v) is 50.5. The van der Waals surface area contributed by atoms with Crippen LogP contribution < -0.4 is 0 Å². The van der Waals surface area contributed by atoms with E-state index in [2.05, 4.69) is 186 Å². The van der Waals surface area contributed by atoms with E-state index in [-0.39, 0.29) is 66.1 Å². The first-order chi connectivity index (χ1) is 38.6. The molecule has 7 aromatic carbocycles. The van der Waals surface area contributed by atoms with Crippen LogP contribution in [0.3, 0.4) is 0 Å². The first-order valence-corrected chi connectivity index (χ1v) is 27.5. The van der Waals surface area contributed by atoms with Gasteiger partial charge in [-0.05, 0) is 146 Å². The quantitative estimate of drug-likeness (QED) is 0.154. The molecule has 2 heterocycles. The Hall–Kier alpha value is -6.35. The van der Waals surface area contributed by atoms with Crippen LogP contribution in [0.5, 0.6) is 5.75 Å². The minimum absolute atomic E-state index is 0. The number of phenols is 1. The number of pyridine rings is 1. The summed E-state index contributed by atoms with van der Waals surface area (Å²) >= 11 is 0. The van der Waals surface area contributed by atoms with Crippen molar-refractivity contribution >= 4 is 11.0 Å². The van der Waals surface area contributed by atoms with Crippen molar-refractivity contribution in [2.75, 3.05) is 0 Å². The second-order valence-corrected chi connectivity index (χ2v) is 26.5. The van der Waals surface area contributed by atoms with E-state index in [1.165, 1.54) is 11.8 Å². The number of aryl methyl sites for hydroxylation is 1. The van der Waals surface area contributed by atoms with E-state index in [0.29, 0.717) is 63.3 Å². The predicted octanol–water partition coefficient (Wildman–Crippen LogP) is 20.1. The third-order valence-electron chi connectivity index (χ3n) is 15.9. The Morgan fingerprint density at radius 3 is 1.90 bits per heavy atom. The van der Waals surface area contributed by atoms with Crippen LogP contribution in [0.2, 0.25) is 0 Å². The smallest absolute Gasteiger partial charge is 0.148 e. The number of fused-ring (bicyclic) bond motifs is 1. The summed E-state index contributed by atoms with van der Waals surface area (Å²) in [7, 11) is 0. The van der Waals surface area contributed by atoms with E-state index in [1.807, 2.05) is 48.5 Å². The average Bonchev–Trinajstić information content (AvgIpc) is 1.60. The second kappa shape index (κ2) is 21.0. The van der Waals surface area contributed by atoms with E-state index < -0.39 is 18.2 Å². The van der Waals surface area contributed by atoms with Gasteiger partial charge >= 0.3 is 0 Å². The van der Waals surface area contributed by atoms with Gasteiger partial charge in [0.2, 0.25) is 0 Å². The zero-order chi connectivity index (χ0) is 60.1. The molecular formula is C73H80N3OPt-. The van der Waals surface area contributed by atoms with Gasteiger partial charge in [0.15, 0.2) is 0 Å². The van der Waals surface area contributed by atoms with Crippen LogP contribution in [0.1, 0.15) is 170 Å². The van der Waals surface area contributed by atoms with Crippen molar-refractivity contribution in [3.63, 3.8) is 0 Å². The van der Waals surface area contributed by atoms with Crippen LogP contribution in [-0.2, 0) is 42.7 Å². The van der Waals surface area contributed by atoms with Crippen LogP contribution in [-0.4, -0.2) is 19.6 Å². The van der Waals surface area contributed by atoms with Gasteiger partial charge in [0.25, 0.3) is 0 Å². The molecule has 404 valence electrons. The topological polar surface area (TPSA) is 50.9 Å². The summed E-state index contributed by atoms with van der Waals surface area (Å²) in [6.07, 6.45) is 4.67. The maximum absolute atomic E-state index is 12.7. The summed E-state index contributed by atoms with van der Waals surface area (Å²) in [5, 5.41) is 12.7. The van der Waals surface area contributed by atoms with E-state index in [1.54, 1.807) is 6.07 Å². The van der Waals surface area contributed by atoms with Gasteiger partial charge in [0.1, 0.15) is 11.6 Å². The van der Waals surface area contributed by atoms with Crippen molar-refractivity contribution in [2.45, 2.75) is 157 Å². The molecule has 2 aromatic heterocycles. The van der Waals surface area contributed by atoms with E-state index in [0.717, 1.165) is 68.6 Å². The van der Waals surface area contributed by atoms with Crippen molar-refractivity contribution in [2.24, 2.45) is 5.41 Å². The van der Waals surface area contributed by atoms with Crippen molar-refractivity contribution in [3.8, 4) is 78.6 Å². The van der Waals surface area contributed by atoms with Crippen molar-refractivity contribution in [1.82, 2.24) is 14.5 Å². The van der Waals surface area contributed by atoms with Crippen molar-refractivity contribution in [3.05, 3.63) is 191 Å². The summed E-state index contributed by atoms with van der Waals surface area (Å²) in [6, 6.07) is 48.7. The van der Waals surface area contributed by atoms with E-state index in [4.69, 9.17) is 14.1 Å². The van der Waals surface area contributed by atoms with Crippen LogP contribution in [0.25, 0.3) is 83.9 Å². The molecule has 0 saturated heterocycles. The first kappa shape index (κ1) is 48.7. The van der Waals surface area contributed by atoms with E-state index in [9.17, 15) is 9.22 Å². The monoisotopic (exact) mass is 1220 g/mol. The molecule has 1 fully saturated rings. The number of hydrogen-bond donors (Lipinski definition) is 1. The van der Waals surface area contributed by atoms with Gasteiger partial charge < -0.3 is 5.11 Å². The Balaban J connectivity index is 0.00000846. The number of nitrogens with zero attached hydrogens (tertiary/aromatic N) is 3. The fourth-order valence-electron chi connectivity index (χ4n) is 10.9. The van der Waals surface area contributed by atoms with Crippen molar-refractivity contribution < 1.29 is 34.4 Å². The molecule has 0 spiro atoms. The molecule has 0 bridgehead atoms. The molecule has 9 aromatic rings. The summed E-state index contributed by atoms with van der Waals surface area (Å²) < 4.78 is 56.5. The number of aromatic nitrogens is 3. The Morgan fingerprint density at radius 1 is 0.615 bits per heavy atom. The largest absolute Gasteiger partial charge is 0.507 e. The maximum atomic E-state index is 12.7. The van der Waals surface area contributed by atoms with Crippen LogP contribution in [0.4, 0.5) is 0 Å². The van der Waals surface area contributed by atoms with Gasteiger partial charge in [0.05, 0.1) is 25.0 Å². The maximum Gasteiger partial charge on any atom is 0.148 e. The number of hydrogen-bond acceptors (Lipinski definition) is 3. The SMILES string of the molecule is [2H]c1cnc(-c2[c-]c(-c3cccc4c3nc(-c3cc(C(C)(C)C)cc(C(C)(C)C)c3O)n4-c3ccc(C(C)(C)C)cc3-c3ccccc3)cc(C(C)(C)C)c2)c([2H])c1-c1ccc(-c2ccc(C3([2H])CCC(C)(C)CC3)cc2C([2H])([2H])[2H])cc1.[Pt]. The zero-order valence-electron chi connectivity index (χ0n) is 54.2.